The molecule has 2 amide bonds. The number of nitro benzene ring substituents is 1. The van der Waals surface area contributed by atoms with Crippen molar-refractivity contribution in [3.63, 3.8) is 0 Å². The van der Waals surface area contributed by atoms with Crippen LogP contribution in [0, 0.1) is 16.0 Å². The Balaban J connectivity index is 1.59. The number of H-pyrrole nitrogens is 1. The average Bonchev–Trinajstić information content (AvgIpc) is 3.14. The molecular formula is C20H26N4O4. The number of fused-ring (bicyclic) bond motifs is 1. The Hall–Kier alpha value is -2.90. The van der Waals surface area contributed by atoms with Crippen LogP contribution in [0.1, 0.15) is 49.5 Å². The zero-order chi connectivity index (χ0) is 20.1. The fourth-order valence-corrected chi connectivity index (χ4v) is 3.65. The summed E-state index contributed by atoms with van der Waals surface area (Å²) >= 11 is 0. The summed E-state index contributed by atoms with van der Waals surface area (Å²) in [6, 6.07) is 6.41. The molecule has 1 fully saturated rings. The Kier molecular flexibility index (Phi) is 6.28. The van der Waals surface area contributed by atoms with E-state index in [0.717, 1.165) is 19.3 Å². The molecule has 1 saturated heterocycles. The Morgan fingerprint density at radius 3 is 2.71 bits per heavy atom. The number of carbonyl (C=O) groups is 2. The molecule has 0 atom stereocenters. The van der Waals surface area contributed by atoms with E-state index in [1.165, 1.54) is 6.07 Å². The van der Waals surface area contributed by atoms with Gasteiger partial charge in [0.15, 0.2) is 0 Å². The van der Waals surface area contributed by atoms with Crippen LogP contribution in [-0.2, 0) is 4.79 Å². The SMILES string of the molecule is CCCCCNC(=O)C1CCN(C(=O)c2cc3cccc([N+](=O)[O-])c3[nH]2)CC1. The molecule has 0 radical (unpaired) electrons. The van der Waals surface area contributed by atoms with Crippen molar-refractivity contribution in [3.05, 3.63) is 40.1 Å². The van der Waals surface area contributed by atoms with Crippen molar-refractivity contribution in [3.8, 4) is 0 Å². The van der Waals surface area contributed by atoms with Crippen molar-refractivity contribution >= 4 is 28.4 Å². The summed E-state index contributed by atoms with van der Waals surface area (Å²) in [5.74, 6) is -0.175. The van der Waals surface area contributed by atoms with Crippen LogP contribution in [0.15, 0.2) is 24.3 Å². The number of aromatic amines is 1. The van der Waals surface area contributed by atoms with Gasteiger partial charge in [0.1, 0.15) is 11.2 Å². The number of amides is 2. The highest BCUT2D eigenvalue weighted by atomic mass is 16.6. The summed E-state index contributed by atoms with van der Waals surface area (Å²) in [6.07, 6.45) is 4.48. The molecule has 0 bridgehead atoms. The summed E-state index contributed by atoms with van der Waals surface area (Å²) in [6.45, 7) is 3.84. The standard InChI is InChI=1S/C20H26N4O4/c1-2-3-4-10-21-19(25)14-8-11-23(12-9-14)20(26)16-13-15-6-5-7-17(24(27)28)18(15)22-16/h5-7,13-14,22H,2-4,8-12H2,1H3,(H,21,25). The predicted molar refractivity (Wildman–Crippen MR) is 106 cm³/mol. The van der Waals surface area contributed by atoms with Gasteiger partial charge in [-0.1, -0.05) is 31.9 Å². The number of benzene rings is 1. The molecule has 2 N–H and O–H groups in total. The van der Waals surface area contributed by atoms with Crippen molar-refractivity contribution in [2.75, 3.05) is 19.6 Å². The zero-order valence-electron chi connectivity index (χ0n) is 16.1. The van der Waals surface area contributed by atoms with Crippen molar-refractivity contribution < 1.29 is 14.5 Å². The predicted octanol–water partition coefficient (Wildman–Crippen LogP) is 3.23. The van der Waals surface area contributed by atoms with Gasteiger partial charge < -0.3 is 15.2 Å². The summed E-state index contributed by atoms with van der Waals surface area (Å²) in [5, 5.41) is 14.8. The van der Waals surface area contributed by atoms with Gasteiger partial charge in [0.25, 0.3) is 11.6 Å². The highest BCUT2D eigenvalue weighted by Crippen LogP contribution is 2.27. The number of carbonyl (C=O) groups excluding carboxylic acids is 2. The number of rotatable bonds is 7. The lowest BCUT2D eigenvalue weighted by molar-refractivity contribution is -0.383. The third-order valence-corrected chi connectivity index (χ3v) is 5.29. The van der Waals surface area contributed by atoms with Gasteiger partial charge in [0, 0.05) is 37.0 Å². The molecule has 8 heteroatoms. The van der Waals surface area contributed by atoms with Crippen LogP contribution in [0.4, 0.5) is 5.69 Å². The van der Waals surface area contributed by atoms with Crippen molar-refractivity contribution in [2.45, 2.75) is 39.0 Å². The molecule has 2 aromatic rings. The maximum Gasteiger partial charge on any atom is 0.293 e. The monoisotopic (exact) mass is 386 g/mol. The number of hydrogen-bond donors (Lipinski definition) is 2. The van der Waals surface area contributed by atoms with E-state index < -0.39 is 4.92 Å². The van der Waals surface area contributed by atoms with Crippen LogP contribution in [0.3, 0.4) is 0 Å². The van der Waals surface area contributed by atoms with Crippen LogP contribution in [-0.4, -0.2) is 46.3 Å². The number of nitrogens with one attached hydrogen (secondary N) is 2. The molecule has 150 valence electrons. The van der Waals surface area contributed by atoms with Crippen LogP contribution < -0.4 is 5.32 Å². The topological polar surface area (TPSA) is 108 Å². The summed E-state index contributed by atoms with van der Waals surface area (Å²) < 4.78 is 0. The second kappa shape index (κ2) is 8.86. The quantitative estimate of drug-likeness (QED) is 0.432. The first-order valence-corrected chi connectivity index (χ1v) is 9.84. The lowest BCUT2D eigenvalue weighted by Gasteiger charge is -2.31. The fraction of sp³-hybridized carbons (Fsp3) is 0.500. The van der Waals surface area contributed by atoms with Crippen molar-refractivity contribution in [1.29, 1.82) is 0 Å². The van der Waals surface area contributed by atoms with Gasteiger partial charge >= 0.3 is 0 Å². The lowest BCUT2D eigenvalue weighted by Crippen LogP contribution is -2.43. The molecule has 3 rings (SSSR count). The number of non-ortho nitro benzene ring substituents is 1. The molecule has 1 aromatic heterocycles. The van der Waals surface area contributed by atoms with Gasteiger partial charge in [0.05, 0.1) is 4.92 Å². The third-order valence-electron chi connectivity index (χ3n) is 5.29. The number of piperidine rings is 1. The third kappa shape index (κ3) is 4.32. The van der Waals surface area contributed by atoms with Gasteiger partial charge in [-0.3, -0.25) is 19.7 Å². The highest BCUT2D eigenvalue weighted by molar-refractivity contribution is 6.00. The van der Waals surface area contributed by atoms with Gasteiger partial charge in [-0.15, -0.1) is 0 Å². The largest absolute Gasteiger partial charge is 0.356 e. The van der Waals surface area contributed by atoms with Gasteiger partial charge in [-0.2, -0.15) is 0 Å². The number of hydrogen-bond acceptors (Lipinski definition) is 4. The molecule has 2 heterocycles. The zero-order valence-corrected chi connectivity index (χ0v) is 16.1. The number of aromatic nitrogens is 1. The van der Waals surface area contributed by atoms with Crippen molar-refractivity contribution in [2.24, 2.45) is 5.92 Å². The van der Waals surface area contributed by atoms with E-state index in [1.54, 1.807) is 23.1 Å². The second-order valence-corrected chi connectivity index (χ2v) is 7.25. The smallest absolute Gasteiger partial charge is 0.293 e. The average molecular weight is 386 g/mol. The number of nitrogens with zero attached hydrogens (tertiary/aromatic N) is 2. The Morgan fingerprint density at radius 2 is 2.04 bits per heavy atom. The van der Waals surface area contributed by atoms with E-state index in [-0.39, 0.29) is 23.4 Å². The first-order valence-electron chi connectivity index (χ1n) is 9.84. The molecule has 8 nitrogen and oxygen atoms in total. The molecule has 1 aliphatic heterocycles. The van der Waals surface area contributed by atoms with Gasteiger partial charge in [-0.25, -0.2) is 0 Å². The van der Waals surface area contributed by atoms with Crippen molar-refractivity contribution in [1.82, 2.24) is 15.2 Å². The van der Waals surface area contributed by atoms with Crippen LogP contribution in [0.5, 0.6) is 0 Å². The minimum Gasteiger partial charge on any atom is -0.356 e. The molecule has 1 aromatic carbocycles. The van der Waals surface area contributed by atoms with E-state index in [1.807, 2.05) is 0 Å². The van der Waals surface area contributed by atoms with E-state index in [9.17, 15) is 19.7 Å². The summed E-state index contributed by atoms with van der Waals surface area (Å²) in [7, 11) is 0. The Morgan fingerprint density at radius 1 is 1.29 bits per heavy atom. The van der Waals surface area contributed by atoms with Crippen LogP contribution in [0.25, 0.3) is 10.9 Å². The second-order valence-electron chi connectivity index (χ2n) is 7.25. The molecule has 1 aliphatic rings. The first-order chi connectivity index (χ1) is 13.5. The molecule has 0 saturated carbocycles. The Labute approximate surface area is 163 Å². The normalized spacial score (nSPS) is 15.0. The van der Waals surface area contributed by atoms with E-state index in [0.29, 0.717) is 49.1 Å². The van der Waals surface area contributed by atoms with Gasteiger partial charge in [-0.05, 0) is 25.3 Å². The summed E-state index contributed by atoms with van der Waals surface area (Å²) in [5.41, 5.74) is 0.652. The van der Waals surface area contributed by atoms with E-state index >= 15 is 0 Å². The number of nitro groups is 1. The maximum atomic E-state index is 12.8. The molecule has 0 aliphatic carbocycles. The molecule has 28 heavy (non-hydrogen) atoms. The van der Waals surface area contributed by atoms with Crippen LogP contribution in [0.2, 0.25) is 0 Å². The minimum atomic E-state index is -0.461. The number of unbranched alkanes of at least 4 members (excludes halogenated alkanes) is 2. The maximum absolute atomic E-state index is 12.8. The highest BCUT2D eigenvalue weighted by Gasteiger charge is 2.28. The first kappa shape index (κ1) is 19.9. The molecular weight excluding hydrogens is 360 g/mol. The van der Waals surface area contributed by atoms with Gasteiger partial charge in [0.2, 0.25) is 5.91 Å². The molecule has 0 spiro atoms. The number of para-hydroxylation sites is 1. The Bertz CT molecular complexity index is 868. The lowest BCUT2D eigenvalue weighted by atomic mass is 9.95. The number of likely N-dealkylation sites (tertiary alicyclic amines) is 1. The fourth-order valence-electron chi connectivity index (χ4n) is 3.65. The van der Waals surface area contributed by atoms with Crippen LogP contribution >= 0.6 is 0 Å². The summed E-state index contributed by atoms with van der Waals surface area (Å²) in [4.78, 5) is 40.3. The van der Waals surface area contributed by atoms with E-state index in [2.05, 4.69) is 17.2 Å². The minimum absolute atomic E-state index is 0.0463. The van der Waals surface area contributed by atoms with E-state index in [4.69, 9.17) is 0 Å². The molecule has 0 unspecified atom stereocenters.